The van der Waals surface area contributed by atoms with Crippen LogP contribution in [0.2, 0.25) is 0 Å². The molecule has 3 N–H and O–H groups in total. The molecule has 0 bridgehead atoms. The Labute approximate surface area is 222 Å². The SMILES string of the molecule is C[C@H]1CN(c2ccncc2CC(=O)c2ccc(F)c(-c3c(F)cccc3F)n2)C[C@@H](N)C1n1cc(CO)nn1. The van der Waals surface area contributed by atoms with Crippen LogP contribution in [0.15, 0.2) is 55.0 Å². The lowest BCUT2D eigenvalue weighted by molar-refractivity contribution is 0.0988. The van der Waals surface area contributed by atoms with Gasteiger partial charge in [-0.1, -0.05) is 18.2 Å². The monoisotopic (exact) mass is 537 g/mol. The highest BCUT2D eigenvalue weighted by atomic mass is 19.1. The summed E-state index contributed by atoms with van der Waals surface area (Å²) in [4.78, 5) is 23.4. The van der Waals surface area contributed by atoms with E-state index in [4.69, 9.17) is 5.73 Å². The van der Waals surface area contributed by atoms with E-state index in [-0.39, 0.29) is 36.7 Å². The van der Waals surface area contributed by atoms with Crippen molar-refractivity contribution in [1.82, 2.24) is 25.0 Å². The second kappa shape index (κ2) is 10.9. The quantitative estimate of drug-likeness (QED) is 0.345. The Morgan fingerprint density at radius 2 is 1.87 bits per heavy atom. The summed E-state index contributed by atoms with van der Waals surface area (Å²) in [6.07, 6.45) is 4.75. The number of aliphatic hydroxyl groups is 1. The van der Waals surface area contributed by atoms with E-state index in [9.17, 15) is 23.1 Å². The summed E-state index contributed by atoms with van der Waals surface area (Å²) in [5.41, 5.74) is 7.05. The minimum absolute atomic E-state index is 0.0516. The van der Waals surface area contributed by atoms with Crippen molar-refractivity contribution in [1.29, 1.82) is 0 Å². The Hall–Kier alpha value is -4.16. The van der Waals surface area contributed by atoms with Gasteiger partial charge in [-0.2, -0.15) is 0 Å². The predicted octanol–water partition coefficient (Wildman–Crippen LogP) is 3.09. The van der Waals surface area contributed by atoms with Crippen molar-refractivity contribution in [2.75, 3.05) is 18.0 Å². The lowest BCUT2D eigenvalue weighted by atomic mass is 9.89. The summed E-state index contributed by atoms with van der Waals surface area (Å²) in [6.45, 7) is 2.88. The van der Waals surface area contributed by atoms with Gasteiger partial charge in [0.15, 0.2) is 5.78 Å². The predicted molar refractivity (Wildman–Crippen MR) is 136 cm³/mol. The molecule has 9 nitrogen and oxygen atoms in total. The number of anilines is 1. The average Bonchev–Trinajstić information content (AvgIpc) is 3.38. The van der Waals surface area contributed by atoms with Crippen molar-refractivity contribution in [2.24, 2.45) is 11.7 Å². The van der Waals surface area contributed by atoms with Crippen LogP contribution in [0.3, 0.4) is 0 Å². The number of benzene rings is 1. The molecule has 5 rings (SSSR count). The van der Waals surface area contributed by atoms with Crippen molar-refractivity contribution in [2.45, 2.75) is 32.0 Å². The molecule has 1 saturated heterocycles. The van der Waals surface area contributed by atoms with Gasteiger partial charge in [0, 0.05) is 49.2 Å². The van der Waals surface area contributed by atoms with Crippen LogP contribution < -0.4 is 10.6 Å². The van der Waals surface area contributed by atoms with Gasteiger partial charge in [0.05, 0.1) is 24.4 Å². The largest absolute Gasteiger partial charge is 0.390 e. The van der Waals surface area contributed by atoms with E-state index in [1.165, 1.54) is 12.1 Å². The molecule has 1 aliphatic rings. The molecule has 1 fully saturated rings. The number of pyridine rings is 2. The van der Waals surface area contributed by atoms with Crippen LogP contribution in [0.5, 0.6) is 0 Å². The van der Waals surface area contributed by atoms with Crippen LogP contribution in [0.1, 0.15) is 34.7 Å². The van der Waals surface area contributed by atoms with Crippen LogP contribution in [0, 0.1) is 23.4 Å². The van der Waals surface area contributed by atoms with Gasteiger partial charge >= 0.3 is 0 Å². The third-order valence-electron chi connectivity index (χ3n) is 6.89. The normalized spacial score (nSPS) is 19.3. The number of carbonyl (C=O) groups excluding carboxylic acids is 1. The number of aliphatic hydroxyl groups excluding tert-OH is 1. The van der Waals surface area contributed by atoms with Gasteiger partial charge in [-0.3, -0.25) is 9.78 Å². The van der Waals surface area contributed by atoms with Crippen LogP contribution in [0.4, 0.5) is 18.9 Å². The Morgan fingerprint density at radius 1 is 1.10 bits per heavy atom. The third kappa shape index (κ3) is 5.25. The Bertz CT molecular complexity index is 1480. The molecule has 202 valence electrons. The number of ketones is 1. The number of aromatic nitrogens is 5. The number of nitrogens with zero attached hydrogens (tertiary/aromatic N) is 6. The first-order valence-corrected chi connectivity index (χ1v) is 12.4. The maximum absolute atomic E-state index is 14.5. The molecule has 0 aliphatic carbocycles. The highest BCUT2D eigenvalue weighted by Gasteiger charge is 2.35. The van der Waals surface area contributed by atoms with E-state index in [2.05, 4.69) is 25.2 Å². The van der Waals surface area contributed by atoms with E-state index in [0.717, 1.165) is 23.9 Å². The van der Waals surface area contributed by atoms with Crippen molar-refractivity contribution < 1.29 is 23.1 Å². The number of hydrogen-bond acceptors (Lipinski definition) is 8. The second-order valence-corrected chi connectivity index (χ2v) is 9.61. The molecule has 0 radical (unpaired) electrons. The smallest absolute Gasteiger partial charge is 0.185 e. The fourth-order valence-corrected chi connectivity index (χ4v) is 5.12. The summed E-state index contributed by atoms with van der Waals surface area (Å²) >= 11 is 0. The molecule has 1 aliphatic heterocycles. The lowest BCUT2D eigenvalue weighted by Crippen LogP contribution is -2.53. The molecule has 0 amide bonds. The second-order valence-electron chi connectivity index (χ2n) is 9.61. The van der Waals surface area contributed by atoms with Gasteiger partial charge in [0.2, 0.25) is 0 Å². The van der Waals surface area contributed by atoms with E-state index < -0.39 is 34.5 Å². The van der Waals surface area contributed by atoms with E-state index >= 15 is 0 Å². The summed E-state index contributed by atoms with van der Waals surface area (Å²) < 4.78 is 44.8. The molecule has 0 spiro atoms. The molecule has 4 heterocycles. The van der Waals surface area contributed by atoms with Crippen molar-refractivity contribution in [3.8, 4) is 11.3 Å². The van der Waals surface area contributed by atoms with Gasteiger partial charge in [-0.15, -0.1) is 5.10 Å². The van der Waals surface area contributed by atoms with E-state index in [0.29, 0.717) is 24.3 Å². The zero-order valence-electron chi connectivity index (χ0n) is 21.0. The standard InChI is InChI=1S/C27H26F3N7O2/c1-15-11-36(13-21(31)27(15)37-12-17(14-38)34-35-37)23-7-8-32-10-16(23)9-24(39)22-6-5-20(30)26(33-22)25-18(28)3-2-4-19(25)29/h2-8,10,12,15,21,27,38H,9,11,13-14,31H2,1H3/t15-,21+,27?/m0/s1. The Morgan fingerprint density at radius 3 is 2.56 bits per heavy atom. The number of nitrogens with two attached hydrogens (primary N) is 1. The van der Waals surface area contributed by atoms with Crippen LogP contribution in [0.25, 0.3) is 11.3 Å². The summed E-state index contributed by atoms with van der Waals surface area (Å²) in [5, 5.41) is 17.4. The molecule has 39 heavy (non-hydrogen) atoms. The first-order valence-electron chi connectivity index (χ1n) is 12.4. The van der Waals surface area contributed by atoms with Gasteiger partial charge in [0.25, 0.3) is 0 Å². The van der Waals surface area contributed by atoms with Crippen molar-refractivity contribution in [3.63, 3.8) is 0 Å². The topological polar surface area (TPSA) is 123 Å². The van der Waals surface area contributed by atoms with Crippen molar-refractivity contribution >= 4 is 11.5 Å². The molecule has 3 atom stereocenters. The summed E-state index contributed by atoms with van der Waals surface area (Å²) in [5.74, 6) is -3.31. The number of rotatable bonds is 7. The zero-order valence-corrected chi connectivity index (χ0v) is 21.0. The van der Waals surface area contributed by atoms with E-state index in [1.807, 2.05) is 6.92 Å². The first-order chi connectivity index (χ1) is 18.8. The van der Waals surface area contributed by atoms with Gasteiger partial charge < -0.3 is 15.7 Å². The highest BCUT2D eigenvalue weighted by molar-refractivity contribution is 5.97. The lowest BCUT2D eigenvalue weighted by Gasteiger charge is -2.42. The minimum Gasteiger partial charge on any atom is -0.390 e. The number of piperidine rings is 1. The Balaban J connectivity index is 1.38. The molecule has 3 aromatic heterocycles. The van der Waals surface area contributed by atoms with Crippen LogP contribution in [-0.2, 0) is 13.0 Å². The fourth-order valence-electron chi connectivity index (χ4n) is 5.12. The average molecular weight is 538 g/mol. The maximum atomic E-state index is 14.5. The van der Waals surface area contributed by atoms with E-state index in [1.54, 1.807) is 29.3 Å². The zero-order chi connectivity index (χ0) is 27.7. The van der Waals surface area contributed by atoms with Gasteiger partial charge in [-0.25, -0.2) is 22.8 Å². The molecule has 0 saturated carbocycles. The summed E-state index contributed by atoms with van der Waals surface area (Å²) in [6, 6.07) is 6.66. The molecule has 12 heteroatoms. The number of hydrogen-bond donors (Lipinski definition) is 2. The summed E-state index contributed by atoms with van der Waals surface area (Å²) in [7, 11) is 0. The first kappa shape index (κ1) is 26.4. The number of Topliss-reactive ketones (excluding diaryl/α,β-unsaturated/α-hetero) is 1. The molecule has 4 aromatic rings. The minimum atomic E-state index is -0.979. The maximum Gasteiger partial charge on any atom is 0.185 e. The highest BCUT2D eigenvalue weighted by Crippen LogP contribution is 2.32. The van der Waals surface area contributed by atoms with Crippen LogP contribution >= 0.6 is 0 Å². The molecule has 1 unspecified atom stereocenters. The van der Waals surface area contributed by atoms with Gasteiger partial charge in [0.1, 0.15) is 34.5 Å². The third-order valence-corrected chi connectivity index (χ3v) is 6.89. The molecule has 1 aromatic carbocycles. The molecular formula is C27H26F3N7O2. The van der Waals surface area contributed by atoms with Crippen LogP contribution in [-0.4, -0.2) is 55.0 Å². The van der Waals surface area contributed by atoms with Crippen molar-refractivity contribution in [3.05, 3.63) is 89.4 Å². The number of carbonyl (C=O) groups is 1. The fraction of sp³-hybridized carbons (Fsp3) is 0.296. The van der Waals surface area contributed by atoms with Gasteiger partial charge in [-0.05, 0) is 36.2 Å². The Kier molecular flexibility index (Phi) is 7.40. The number of halogens is 3. The molecular weight excluding hydrogens is 511 g/mol.